The molecule has 13 nitrogen and oxygen atoms in total. The molecule has 0 radical (unpaired) electrons. The third-order valence-electron chi connectivity index (χ3n) is 12.5. The van der Waals surface area contributed by atoms with Crippen LogP contribution in [-0.4, -0.2) is 104 Å². The van der Waals surface area contributed by atoms with Gasteiger partial charge in [-0.3, -0.25) is 24.0 Å². The quantitative estimate of drug-likeness (QED) is 0.209. The number of aliphatic hydroxyl groups excluding tert-OH is 2. The molecule has 10 unspecified atom stereocenters. The summed E-state index contributed by atoms with van der Waals surface area (Å²) >= 11 is 0. The van der Waals surface area contributed by atoms with Crippen LogP contribution < -0.4 is 5.32 Å². The summed E-state index contributed by atoms with van der Waals surface area (Å²) in [6.07, 6.45) is 2.76. The van der Waals surface area contributed by atoms with Gasteiger partial charge in [-0.25, -0.2) is 4.79 Å². The van der Waals surface area contributed by atoms with Crippen LogP contribution in [0.25, 0.3) is 0 Å². The van der Waals surface area contributed by atoms with Gasteiger partial charge >= 0.3 is 11.9 Å². The van der Waals surface area contributed by atoms with Crippen LogP contribution >= 0.6 is 0 Å². The molecule has 4 fully saturated rings. The Hall–Kier alpha value is -3.16. The molecule has 1 heterocycles. The predicted octanol–water partition coefficient (Wildman–Crippen LogP) is 1.30. The van der Waals surface area contributed by atoms with Crippen LogP contribution in [0.5, 0.6) is 0 Å². The maximum absolute atomic E-state index is 13.5. The van der Waals surface area contributed by atoms with Gasteiger partial charge in [0.1, 0.15) is 17.7 Å². The summed E-state index contributed by atoms with van der Waals surface area (Å²) in [7, 11) is 0. The molecule has 5 N–H and O–H groups in total. The van der Waals surface area contributed by atoms with Crippen LogP contribution in [0.3, 0.4) is 0 Å². The van der Waals surface area contributed by atoms with E-state index in [2.05, 4.69) is 12.2 Å². The average molecular weight is 675 g/mol. The fourth-order valence-electron chi connectivity index (χ4n) is 9.93. The Bertz CT molecular complexity index is 1390. The highest BCUT2D eigenvalue weighted by Crippen LogP contribution is 2.67. The fourth-order valence-corrected chi connectivity index (χ4v) is 9.93. The lowest BCUT2D eigenvalue weighted by Crippen LogP contribution is -2.62. The number of carboxylic acids is 1. The zero-order chi connectivity index (χ0) is 35.3. The smallest absolute Gasteiger partial charge is 0.326 e. The van der Waals surface area contributed by atoms with E-state index >= 15 is 0 Å². The maximum Gasteiger partial charge on any atom is 0.326 e. The van der Waals surface area contributed by atoms with Gasteiger partial charge in [0, 0.05) is 31.2 Å². The summed E-state index contributed by atoms with van der Waals surface area (Å²) in [5.41, 5.74) is -1.94. The first-order valence-corrected chi connectivity index (χ1v) is 17.3. The first-order valence-electron chi connectivity index (χ1n) is 17.3. The molecule has 2 amide bonds. The van der Waals surface area contributed by atoms with Crippen LogP contribution in [0.15, 0.2) is 11.6 Å². The summed E-state index contributed by atoms with van der Waals surface area (Å²) in [5, 5.41) is 45.4. The van der Waals surface area contributed by atoms with Crippen LogP contribution in [0.2, 0.25) is 0 Å². The molecule has 0 aromatic heterocycles. The van der Waals surface area contributed by atoms with Crippen molar-refractivity contribution >= 4 is 35.3 Å². The summed E-state index contributed by atoms with van der Waals surface area (Å²) in [6, 6.07) is -2.28. The zero-order valence-corrected chi connectivity index (χ0v) is 28.3. The third-order valence-corrected chi connectivity index (χ3v) is 12.5. The van der Waals surface area contributed by atoms with Crippen LogP contribution in [-0.2, 0) is 33.5 Å². The number of carbonyl (C=O) groups is 6. The number of nitrogens with one attached hydrogen (secondary N) is 1. The van der Waals surface area contributed by atoms with Crippen molar-refractivity contribution in [3.8, 4) is 0 Å². The van der Waals surface area contributed by atoms with E-state index in [0.29, 0.717) is 19.3 Å². The van der Waals surface area contributed by atoms with Gasteiger partial charge in [-0.15, -0.1) is 0 Å². The minimum atomic E-state index is -1.80. The number of esters is 1. The highest BCUT2D eigenvalue weighted by atomic mass is 16.5. The Balaban J connectivity index is 1.15. The Morgan fingerprint density at radius 3 is 2.44 bits per heavy atom. The van der Waals surface area contributed by atoms with Crippen LogP contribution in [0.1, 0.15) is 91.9 Å². The molecule has 0 aromatic carbocycles. The molecule has 1 saturated heterocycles. The zero-order valence-electron chi connectivity index (χ0n) is 28.3. The lowest BCUT2D eigenvalue weighted by Gasteiger charge is -2.60. The van der Waals surface area contributed by atoms with Crippen molar-refractivity contribution in [2.75, 3.05) is 13.2 Å². The van der Waals surface area contributed by atoms with Crippen LogP contribution in [0, 0.1) is 34.5 Å². The monoisotopic (exact) mass is 674 g/mol. The Morgan fingerprint density at radius 1 is 1.06 bits per heavy atom. The molecule has 13 heteroatoms. The number of nitrogens with zero attached hydrogens (tertiary/aromatic N) is 1. The molecule has 48 heavy (non-hydrogen) atoms. The lowest BCUT2D eigenvalue weighted by atomic mass is 9.45. The second kappa shape index (κ2) is 13.3. The number of hydrogen-bond donors (Lipinski definition) is 5. The van der Waals surface area contributed by atoms with Gasteiger partial charge in [0.15, 0.2) is 12.4 Å². The summed E-state index contributed by atoms with van der Waals surface area (Å²) in [6.45, 7) is 6.49. The van der Waals surface area contributed by atoms with Crippen molar-refractivity contribution in [2.24, 2.45) is 34.5 Å². The fraction of sp³-hybridized carbons (Fsp3) is 0.771. The number of carbonyl (C=O) groups excluding carboxylic acids is 5. The first kappa shape index (κ1) is 36.1. The topological polar surface area (TPSA) is 208 Å². The molecular formula is C35H50N2O11. The number of allylic oxidation sites excluding steroid dienone is 1. The van der Waals surface area contributed by atoms with Gasteiger partial charge in [-0.05, 0) is 73.7 Å². The van der Waals surface area contributed by atoms with Gasteiger partial charge in [0.2, 0.25) is 17.6 Å². The minimum absolute atomic E-state index is 0.0264. The van der Waals surface area contributed by atoms with E-state index in [9.17, 15) is 49.2 Å². The standard InChI is InChI=1S/C35H50N2O11/c1-18(2)30(31(44)37-16-21(39)14-24(37)32(45)46)36-27(42)7-8-28(43)48-17-26(41)35(47)12-10-23-22-6-5-19-13-20(38)9-11-33(19,3)29(22)25(40)15-34(23,35)4/h13,18,21-25,29-30,39-40,47H,5-12,14-17H2,1-4H3,(H,36,42)(H,45,46). The van der Waals surface area contributed by atoms with Gasteiger partial charge < -0.3 is 35.4 Å². The van der Waals surface area contributed by atoms with Crippen LogP contribution in [0.4, 0.5) is 0 Å². The number of fused-ring (bicyclic) bond motifs is 5. The molecule has 3 saturated carbocycles. The number of Topliss-reactive ketones (excluding diaryl/α,β-unsaturated/α-hetero) is 1. The van der Waals surface area contributed by atoms with Crippen molar-refractivity contribution in [2.45, 2.75) is 122 Å². The molecular weight excluding hydrogens is 624 g/mol. The number of aliphatic carboxylic acids is 1. The van der Waals surface area contributed by atoms with E-state index in [0.717, 1.165) is 23.3 Å². The number of rotatable bonds is 10. The Morgan fingerprint density at radius 2 is 1.77 bits per heavy atom. The largest absolute Gasteiger partial charge is 0.480 e. The molecule has 0 spiro atoms. The normalized spacial score (nSPS) is 38.0. The molecule has 4 aliphatic carbocycles. The molecule has 266 valence electrons. The second-order valence-corrected chi connectivity index (χ2v) is 15.6. The minimum Gasteiger partial charge on any atom is -0.480 e. The number of β-amino-alcohol motifs (C(OH)–C–C–N with tert-alkyl or cyclic N) is 1. The highest BCUT2D eigenvalue weighted by Gasteiger charge is 2.68. The number of ketones is 2. The number of likely N-dealkylation sites (tertiary alicyclic amines) is 1. The molecule has 0 aromatic rings. The maximum atomic E-state index is 13.5. The van der Waals surface area contributed by atoms with Crippen molar-refractivity contribution in [3.63, 3.8) is 0 Å². The molecule has 1 aliphatic heterocycles. The van der Waals surface area contributed by atoms with Gasteiger partial charge in [0.05, 0.1) is 18.6 Å². The number of aliphatic hydroxyl groups is 3. The molecule has 5 aliphatic rings. The predicted molar refractivity (Wildman–Crippen MR) is 169 cm³/mol. The van der Waals surface area contributed by atoms with E-state index in [1.807, 2.05) is 6.92 Å². The Labute approximate surface area is 280 Å². The van der Waals surface area contributed by atoms with Crippen molar-refractivity contribution in [1.29, 1.82) is 0 Å². The summed E-state index contributed by atoms with van der Waals surface area (Å²) < 4.78 is 5.22. The SMILES string of the molecule is CC(C)C(NC(=O)CCC(=O)OCC(=O)C1(O)CCC2C3CCC4=CC(=O)CCC4(C)C3C(O)CC21C)C(=O)N1CC(O)CC1C(=O)O. The summed E-state index contributed by atoms with van der Waals surface area (Å²) in [4.78, 5) is 76.8. The molecule has 5 rings (SSSR count). The number of hydrogen-bond acceptors (Lipinski definition) is 10. The number of amides is 2. The summed E-state index contributed by atoms with van der Waals surface area (Å²) in [5.74, 6) is -4.33. The Kier molecular flexibility index (Phi) is 9.99. The van der Waals surface area contributed by atoms with Crippen molar-refractivity contribution in [1.82, 2.24) is 10.2 Å². The van der Waals surface area contributed by atoms with E-state index < -0.39 is 83.8 Å². The van der Waals surface area contributed by atoms with Crippen molar-refractivity contribution in [3.05, 3.63) is 11.6 Å². The van der Waals surface area contributed by atoms with Gasteiger partial charge in [0.25, 0.3) is 0 Å². The average Bonchev–Trinajstić information content (AvgIpc) is 3.54. The third kappa shape index (κ3) is 6.22. The lowest BCUT2D eigenvalue weighted by molar-refractivity contribution is -0.184. The van der Waals surface area contributed by atoms with Crippen molar-refractivity contribution < 1.29 is 53.9 Å². The number of carboxylic acid groups (broad SMARTS) is 1. The molecule has 0 bridgehead atoms. The first-order chi connectivity index (χ1) is 22.4. The van der Waals surface area contributed by atoms with Gasteiger partial charge in [-0.2, -0.15) is 0 Å². The van der Waals surface area contributed by atoms with E-state index in [1.165, 1.54) is 0 Å². The van der Waals surface area contributed by atoms with E-state index in [1.54, 1.807) is 19.9 Å². The van der Waals surface area contributed by atoms with Gasteiger partial charge in [-0.1, -0.05) is 33.3 Å². The van der Waals surface area contributed by atoms with E-state index in [4.69, 9.17) is 4.74 Å². The van der Waals surface area contributed by atoms with E-state index in [-0.39, 0.29) is 61.2 Å². The molecule has 10 atom stereocenters. The highest BCUT2D eigenvalue weighted by molar-refractivity contribution is 5.93. The second-order valence-electron chi connectivity index (χ2n) is 15.6. The number of ether oxygens (including phenoxy) is 1.